The van der Waals surface area contributed by atoms with Gasteiger partial charge in [0.1, 0.15) is 5.75 Å². The minimum atomic E-state index is 0.714. The molecule has 1 nitrogen and oxygen atoms in total. The second kappa shape index (κ2) is 4.87. The van der Waals surface area contributed by atoms with Gasteiger partial charge in [0.05, 0.1) is 6.61 Å². The van der Waals surface area contributed by atoms with Crippen LogP contribution < -0.4 is 4.74 Å². The Morgan fingerprint density at radius 2 is 1.94 bits per heavy atom. The number of hydrogen-bond acceptors (Lipinski definition) is 1. The van der Waals surface area contributed by atoms with Gasteiger partial charge in [0, 0.05) is 6.42 Å². The Hall–Kier alpha value is -1.72. The molecular weight excluding hydrogens is 196 g/mol. The molecule has 0 heterocycles. The fourth-order valence-corrected chi connectivity index (χ4v) is 1.81. The molecule has 1 heteroatoms. The van der Waals surface area contributed by atoms with E-state index >= 15 is 0 Å². The van der Waals surface area contributed by atoms with Crippen LogP contribution in [0.5, 0.6) is 5.75 Å². The van der Waals surface area contributed by atoms with E-state index in [0.717, 1.165) is 12.2 Å². The van der Waals surface area contributed by atoms with Gasteiger partial charge in [-0.25, -0.2) is 0 Å². The summed E-state index contributed by atoms with van der Waals surface area (Å²) in [5.74, 6) is 1.02. The number of allylic oxidation sites excluding steroid dienone is 2. The van der Waals surface area contributed by atoms with Crippen LogP contribution in [-0.2, 0) is 0 Å². The largest absolute Gasteiger partial charge is 0.493 e. The van der Waals surface area contributed by atoms with E-state index in [9.17, 15) is 0 Å². The molecule has 0 amide bonds. The van der Waals surface area contributed by atoms with Crippen molar-refractivity contribution >= 4 is 0 Å². The van der Waals surface area contributed by atoms with Crippen LogP contribution >= 0.6 is 0 Å². The van der Waals surface area contributed by atoms with Gasteiger partial charge in [0.15, 0.2) is 0 Å². The number of para-hydroxylation sites is 1. The molecule has 0 aromatic heterocycles. The second-order valence-electron chi connectivity index (χ2n) is 4.01. The molecule has 0 aliphatic heterocycles. The van der Waals surface area contributed by atoms with Gasteiger partial charge in [-0.05, 0) is 36.6 Å². The van der Waals surface area contributed by atoms with Crippen molar-refractivity contribution in [2.45, 2.75) is 20.3 Å². The van der Waals surface area contributed by atoms with E-state index in [4.69, 9.17) is 4.74 Å². The van der Waals surface area contributed by atoms with Gasteiger partial charge < -0.3 is 4.74 Å². The van der Waals surface area contributed by atoms with Crippen LogP contribution in [0.25, 0.3) is 0 Å². The van der Waals surface area contributed by atoms with Crippen molar-refractivity contribution in [3.05, 3.63) is 58.9 Å². The van der Waals surface area contributed by atoms with Gasteiger partial charge in [0.25, 0.3) is 0 Å². The molecular formula is C15H16O. The van der Waals surface area contributed by atoms with E-state index in [1.165, 1.54) is 16.7 Å². The monoisotopic (exact) mass is 212 g/mol. The average molecular weight is 212 g/mol. The lowest BCUT2D eigenvalue weighted by Gasteiger charge is -2.11. The number of rotatable bonds is 4. The molecule has 0 atom stereocenters. The van der Waals surface area contributed by atoms with Crippen LogP contribution in [0, 0.1) is 13.8 Å². The summed E-state index contributed by atoms with van der Waals surface area (Å²) in [6.45, 7) is 4.88. The van der Waals surface area contributed by atoms with Crippen molar-refractivity contribution in [2.75, 3.05) is 6.61 Å². The first-order valence-electron chi connectivity index (χ1n) is 5.58. The van der Waals surface area contributed by atoms with Crippen molar-refractivity contribution in [3.8, 4) is 5.75 Å². The number of ether oxygens (including phenoxy) is 1. The highest BCUT2D eigenvalue weighted by Crippen LogP contribution is 2.22. The van der Waals surface area contributed by atoms with E-state index in [1.807, 2.05) is 12.2 Å². The van der Waals surface area contributed by atoms with Crippen LogP contribution in [-0.4, -0.2) is 6.61 Å². The zero-order valence-corrected chi connectivity index (χ0v) is 9.79. The Kier molecular flexibility index (Phi) is 3.28. The lowest BCUT2D eigenvalue weighted by atomic mass is 10.1. The third-order valence-corrected chi connectivity index (χ3v) is 2.69. The van der Waals surface area contributed by atoms with E-state index in [1.54, 1.807) is 0 Å². The number of hydrogen-bond donors (Lipinski definition) is 0. The third-order valence-electron chi connectivity index (χ3n) is 2.69. The van der Waals surface area contributed by atoms with Crippen LogP contribution in [0.2, 0.25) is 0 Å². The number of aryl methyl sites for hydroxylation is 2. The third kappa shape index (κ3) is 2.44. The summed E-state index contributed by atoms with van der Waals surface area (Å²) in [6.07, 6.45) is 6.94. The fourth-order valence-electron chi connectivity index (χ4n) is 1.81. The predicted molar refractivity (Wildman–Crippen MR) is 66.8 cm³/mol. The summed E-state index contributed by atoms with van der Waals surface area (Å²) >= 11 is 0. The van der Waals surface area contributed by atoms with Crippen molar-refractivity contribution in [1.82, 2.24) is 0 Å². The quantitative estimate of drug-likeness (QED) is 0.691. The molecule has 0 radical (unpaired) electrons. The van der Waals surface area contributed by atoms with Crippen LogP contribution in [0.15, 0.2) is 47.7 Å². The molecule has 1 aliphatic rings. The van der Waals surface area contributed by atoms with Crippen molar-refractivity contribution in [1.29, 1.82) is 0 Å². The lowest BCUT2D eigenvalue weighted by molar-refractivity contribution is 0.318. The van der Waals surface area contributed by atoms with E-state index in [2.05, 4.69) is 43.9 Å². The first kappa shape index (κ1) is 10.8. The van der Waals surface area contributed by atoms with Crippen LogP contribution in [0.4, 0.5) is 0 Å². The summed E-state index contributed by atoms with van der Waals surface area (Å²) in [5, 5.41) is 0. The summed E-state index contributed by atoms with van der Waals surface area (Å²) in [7, 11) is 0. The molecule has 0 unspecified atom stereocenters. The van der Waals surface area contributed by atoms with Gasteiger partial charge in [-0.3, -0.25) is 0 Å². The Labute approximate surface area is 96.8 Å². The Balaban J connectivity index is 1.94. The molecule has 0 bridgehead atoms. The molecule has 1 aromatic carbocycles. The molecule has 82 valence electrons. The average Bonchev–Trinajstić information content (AvgIpc) is 2.75. The molecule has 0 N–H and O–H groups in total. The van der Waals surface area contributed by atoms with Gasteiger partial charge in [0.2, 0.25) is 0 Å². The van der Waals surface area contributed by atoms with Gasteiger partial charge >= 0.3 is 0 Å². The highest BCUT2D eigenvalue weighted by atomic mass is 16.5. The zero-order valence-electron chi connectivity index (χ0n) is 9.79. The van der Waals surface area contributed by atoms with Crippen LogP contribution in [0.3, 0.4) is 0 Å². The standard InChI is InChI=1S/C15H16O/c1-12-6-5-7-13(2)15(12)16-11-10-14-8-3-4-9-14/h3-8H,10-11H2,1-2H3. The summed E-state index contributed by atoms with van der Waals surface area (Å²) < 4.78 is 5.82. The Bertz CT molecular complexity index is 454. The maximum Gasteiger partial charge on any atom is 0.125 e. The molecule has 2 rings (SSSR count). The van der Waals surface area contributed by atoms with E-state index < -0.39 is 0 Å². The maximum atomic E-state index is 5.82. The van der Waals surface area contributed by atoms with Crippen molar-refractivity contribution in [3.63, 3.8) is 0 Å². The van der Waals surface area contributed by atoms with Crippen molar-refractivity contribution < 1.29 is 4.74 Å². The number of benzene rings is 1. The topological polar surface area (TPSA) is 9.23 Å². The molecule has 0 spiro atoms. The normalized spacial score (nSPS) is 13.0. The Morgan fingerprint density at radius 1 is 1.19 bits per heavy atom. The summed E-state index contributed by atoms with van der Waals surface area (Å²) in [6, 6.07) is 6.22. The molecule has 1 aliphatic carbocycles. The molecule has 16 heavy (non-hydrogen) atoms. The fraction of sp³-hybridized carbons (Fsp3) is 0.267. The highest BCUT2D eigenvalue weighted by molar-refractivity contribution is 5.39. The maximum absolute atomic E-state index is 5.82. The van der Waals surface area contributed by atoms with Gasteiger partial charge in [-0.2, -0.15) is 0 Å². The van der Waals surface area contributed by atoms with Gasteiger partial charge in [-0.1, -0.05) is 30.4 Å². The molecule has 0 saturated heterocycles. The summed E-state index contributed by atoms with van der Waals surface area (Å²) in [4.78, 5) is 0. The van der Waals surface area contributed by atoms with E-state index in [-0.39, 0.29) is 0 Å². The van der Waals surface area contributed by atoms with Crippen molar-refractivity contribution in [2.24, 2.45) is 0 Å². The predicted octanol–water partition coefficient (Wildman–Crippen LogP) is 3.72. The highest BCUT2D eigenvalue weighted by Gasteiger charge is 2.03. The molecule has 0 saturated carbocycles. The van der Waals surface area contributed by atoms with E-state index in [0.29, 0.717) is 6.61 Å². The van der Waals surface area contributed by atoms with Gasteiger partial charge in [-0.15, -0.1) is 5.73 Å². The minimum absolute atomic E-state index is 0.714. The summed E-state index contributed by atoms with van der Waals surface area (Å²) in [5.41, 5.74) is 6.79. The second-order valence-corrected chi connectivity index (χ2v) is 4.01. The molecule has 1 aromatic rings. The SMILES string of the molecule is Cc1cccc(C)c1OCCC1=C=CC=C1. The first-order chi connectivity index (χ1) is 7.77. The first-order valence-corrected chi connectivity index (χ1v) is 5.58. The lowest BCUT2D eigenvalue weighted by Crippen LogP contribution is -2.00. The zero-order chi connectivity index (χ0) is 11.4. The minimum Gasteiger partial charge on any atom is -0.493 e. The van der Waals surface area contributed by atoms with Crippen LogP contribution in [0.1, 0.15) is 17.5 Å². The Morgan fingerprint density at radius 3 is 2.56 bits per heavy atom. The molecule has 0 fully saturated rings. The smallest absolute Gasteiger partial charge is 0.125 e.